The van der Waals surface area contributed by atoms with Crippen LogP contribution in [0.1, 0.15) is 148 Å². The zero-order valence-corrected chi connectivity index (χ0v) is 71.5. The lowest BCUT2D eigenvalue weighted by Crippen LogP contribution is -2.48. The molecular formula is C82H83Cl8N9O17S. The molecular weight excluding hydrogens is 1700 g/mol. The van der Waals surface area contributed by atoms with Crippen molar-refractivity contribution < 1.29 is 80.0 Å². The molecule has 2 amide bonds. The molecule has 9 aromatic rings. The highest BCUT2D eigenvalue weighted by Crippen LogP contribution is 2.43. The number of alkyl halides is 3. The Morgan fingerprint density at radius 1 is 0.632 bits per heavy atom. The van der Waals surface area contributed by atoms with Crippen molar-refractivity contribution in [3.05, 3.63) is 235 Å². The number of carbonyl (C=O) groups is 7. The Morgan fingerprint density at radius 3 is 1.79 bits per heavy atom. The van der Waals surface area contributed by atoms with Crippen LogP contribution in [0.2, 0.25) is 25.1 Å². The zero-order valence-electron chi connectivity index (χ0n) is 64.6. The van der Waals surface area contributed by atoms with Gasteiger partial charge in [0.1, 0.15) is 22.7 Å². The number of hydrogen-bond acceptors (Lipinski definition) is 23. The van der Waals surface area contributed by atoms with Gasteiger partial charge in [0.05, 0.1) is 83.0 Å². The minimum absolute atomic E-state index is 0.0591. The molecule has 12 rings (SSSR count). The lowest BCUT2D eigenvalue weighted by Gasteiger charge is -2.32. The summed E-state index contributed by atoms with van der Waals surface area (Å²) in [6.07, 6.45) is 8.19. The number of ether oxygens (including phenoxy) is 7. The van der Waals surface area contributed by atoms with Crippen molar-refractivity contribution in [1.82, 2.24) is 29.8 Å². The molecule has 0 saturated heterocycles. The van der Waals surface area contributed by atoms with E-state index in [0.717, 1.165) is 59.7 Å². The van der Waals surface area contributed by atoms with Gasteiger partial charge in [-0.25, -0.2) is 51.8 Å². The van der Waals surface area contributed by atoms with E-state index in [9.17, 15) is 42.0 Å². The molecule has 2 unspecified atom stereocenters. The fourth-order valence-electron chi connectivity index (χ4n) is 11.4. The van der Waals surface area contributed by atoms with Gasteiger partial charge in [0, 0.05) is 50.8 Å². The van der Waals surface area contributed by atoms with E-state index >= 15 is 0 Å². The first-order chi connectivity index (χ1) is 55.8. The topological polar surface area (TPSA) is 323 Å². The van der Waals surface area contributed by atoms with Crippen LogP contribution in [0.4, 0.5) is 5.69 Å². The van der Waals surface area contributed by atoms with Gasteiger partial charge in [0.15, 0.2) is 29.3 Å². The number of anilines is 1. The molecule has 0 bridgehead atoms. The Kier molecular flexibility index (Phi) is 34.5. The van der Waals surface area contributed by atoms with Crippen molar-refractivity contribution >= 4 is 173 Å². The number of sulfonamides is 1. The highest BCUT2D eigenvalue weighted by molar-refractivity contribution is 7.90. The summed E-state index contributed by atoms with van der Waals surface area (Å²) in [7, 11) is -2.68. The maximum Gasteiger partial charge on any atom is 0.378 e. The fraction of sp³-hybridized carbons (Fsp3) is 0.317. The molecule has 1 fully saturated rings. The number of amides is 2. The third-order valence-corrected chi connectivity index (χ3v) is 20.5. The number of hydrogen-bond donors (Lipinski definition) is 2. The van der Waals surface area contributed by atoms with E-state index in [0.29, 0.717) is 67.0 Å². The number of methoxy groups -OCH3 is 1. The Hall–Kier alpha value is -9.81. The largest absolute Gasteiger partial charge is 0.496 e. The average Bonchev–Trinajstić information content (AvgIpc) is 1.60. The van der Waals surface area contributed by atoms with Gasteiger partial charge in [-0.1, -0.05) is 191 Å². The molecule has 0 radical (unpaired) electrons. The quantitative estimate of drug-likeness (QED) is 0.0220. The number of halogens is 8. The highest BCUT2D eigenvalue weighted by atomic mass is 35.6. The number of esters is 5. The van der Waals surface area contributed by atoms with Crippen molar-refractivity contribution in [2.24, 2.45) is 10.3 Å². The van der Waals surface area contributed by atoms with Crippen LogP contribution in [0, 0.1) is 0 Å². The Morgan fingerprint density at radius 2 is 1.21 bits per heavy atom. The molecule has 2 atom stereocenters. The van der Waals surface area contributed by atoms with Crippen molar-refractivity contribution in [2.75, 3.05) is 45.2 Å². The summed E-state index contributed by atoms with van der Waals surface area (Å²) in [6, 6.07) is 48.2. The lowest BCUT2D eigenvalue weighted by atomic mass is 9.82. The molecule has 4 heterocycles. The van der Waals surface area contributed by atoms with Crippen LogP contribution in [0.5, 0.6) is 11.5 Å². The first-order valence-electron chi connectivity index (χ1n) is 36.7. The predicted octanol–water partition coefficient (Wildman–Crippen LogP) is 17.8. The van der Waals surface area contributed by atoms with E-state index in [1.165, 1.54) is 48.5 Å². The summed E-state index contributed by atoms with van der Waals surface area (Å²) >= 11 is 47.9. The number of aromatic nitrogens is 4. The summed E-state index contributed by atoms with van der Waals surface area (Å²) in [5, 5.41) is 19.3. The Balaban J connectivity index is 0.000000183. The Bertz CT molecular complexity index is 5120. The number of benzene rings is 7. The summed E-state index contributed by atoms with van der Waals surface area (Å²) in [4.78, 5) is 98.2. The number of rotatable bonds is 26. The third kappa shape index (κ3) is 25.4. The van der Waals surface area contributed by atoms with Crippen LogP contribution in [0.15, 0.2) is 191 Å². The SMILES string of the molecule is CCCCCC(C)OC(=O)COc1ccc(Cl)c2cccnc12.CCOC(=O)C1=NN(c2ccc(Cl)cc2Cl)C(C)(C(=O)OCC)C1.CCOC(=O)C1=NOC(c2ccccc2)(c2ccccc2)C1.CCOC(=O)c1nc(C(Cl)(Cl)Cl)n(-c2ccc(Cl)cc2Cl)n1.COc1ccccc1C(=O)NS(=O)(=O)c1ccc(C(=O)NC2CC2)cc1. The predicted molar refractivity (Wildman–Crippen MR) is 449 cm³/mol. The van der Waals surface area contributed by atoms with Crippen LogP contribution in [-0.4, -0.2) is 139 Å². The van der Waals surface area contributed by atoms with E-state index < -0.39 is 54.7 Å². The van der Waals surface area contributed by atoms with E-state index in [1.54, 1.807) is 101 Å². The van der Waals surface area contributed by atoms with Crippen LogP contribution in [-0.2, 0) is 67.1 Å². The summed E-state index contributed by atoms with van der Waals surface area (Å²) in [5.74, 6) is -3.16. The van der Waals surface area contributed by atoms with Crippen LogP contribution < -0.4 is 24.5 Å². The standard InChI is InChI=1S/C18H22ClNO3.C18H18N2O5S.C18H17NO3.C16H18Cl2N2O4.C12H8Cl5N3O2/c1-3-4-5-7-13(2)23-17(21)12-22-16-10-9-15(19)14-8-6-11-20-18(14)16;1-25-16-5-3-2-4-15(16)18(22)20-26(23,24)14-10-6-12(7-11-14)17(21)19-13-8-9-13;1-2-21-17(20)16-13-18(22-19-16,14-9-5-3-6-10-14)15-11-7-4-8-12-15;1-4-23-14(21)12-9-16(3,15(22)24-5-2)20(19-12)13-7-6-10(17)8-11(13)18;1-2-22-10(21)9-18-11(12(15,16)17)20(19-9)8-4-3-6(13)5-7(8)14/h6,8-11,13H,3-5,7,12H2,1-2H3;2-7,10-11,13H,8-9H2,1H3,(H,19,21)(H,20,22);3-12H,2,13H2,1H3;6-8H,4-5,9H2,1-3H3;3-5H,2H2,1H3. The van der Waals surface area contributed by atoms with Crippen LogP contribution >= 0.6 is 92.8 Å². The fourth-order valence-corrected chi connectivity index (χ4v) is 13.9. The third-order valence-electron chi connectivity index (χ3n) is 17.2. The molecule has 2 aliphatic heterocycles. The number of nitrogens with one attached hydrogen (secondary N) is 2. The average molecular weight is 1780 g/mol. The molecule has 620 valence electrons. The lowest BCUT2D eigenvalue weighted by molar-refractivity contribution is -0.151. The zero-order chi connectivity index (χ0) is 85.2. The summed E-state index contributed by atoms with van der Waals surface area (Å²) in [6.45, 7) is 13.3. The van der Waals surface area contributed by atoms with Gasteiger partial charge < -0.3 is 43.3 Å². The van der Waals surface area contributed by atoms with Crippen LogP contribution in [0.3, 0.4) is 0 Å². The molecule has 2 aromatic heterocycles. The van der Waals surface area contributed by atoms with Gasteiger partial charge in [-0.3, -0.25) is 14.6 Å². The van der Waals surface area contributed by atoms with E-state index in [4.69, 9.17) is 131 Å². The number of oxime groups is 1. The normalized spacial score (nSPS) is 14.6. The van der Waals surface area contributed by atoms with Crippen molar-refractivity contribution in [3.63, 3.8) is 0 Å². The maximum absolute atomic E-state index is 12.5. The molecule has 26 nitrogen and oxygen atoms in total. The maximum atomic E-state index is 12.5. The number of pyridine rings is 1. The van der Waals surface area contributed by atoms with Gasteiger partial charge in [0.2, 0.25) is 3.79 Å². The first-order valence-corrected chi connectivity index (χ1v) is 41.2. The molecule has 1 aliphatic carbocycles. The van der Waals surface area contributed by atoms with Gasteiger partial charge in [-0.2, -0.15) is 5.10 Å². The number of hydrazone groups is 1. The smallest absolute Gasteiger partial charge is 0.378 e. The highest BCUT2D eigenvalue weighted by Gasteiger charge is 2.50. The van der Waals surface area contributed by atoms with Crippen molar-refractivity contribution in [2.45, 2.75) is 132 Å². The molecule has 35 heteroatoms. The summed E-state index contributed by atoms with van der Waals surface area (Å²) in [5.41, 5.74) is 2.34. The number of fused-ring (bicyclic) bond motifs is 1. The van der Waals surface area contributed by atoms with E-state index in [1.807, 2.05) is 84.4 Å². The molecule has 3 aliphatic rings. The van der Waals surface area contributed by atoms with Gasteiger partial charge in [-0.05, 0) is 164 Å². The van der Waals surface area contributed by atoms with Gasteiger partial charge >= 0.3 is 29.8 Å². The number of unbranched alkanes of at least 4 members (excludes halogenated alkanes) is 2. The monoisotopic (exact) mass is 1780 g/mol. The molecule has 7 aromatic carbocycles. The second-order valence-corrected chi connectivity index (χ2v) is 31.9. The van der Waals surface area contributed by atoms with Gasteiger partial charge in [0.25, 0.3) is 27.7 Å². The minimum Gasteiger partial charge on any atom is -0.496 e. The first kappa shape index (κ1) is 92.7. The number of carbonyl (C=O) groups excluding carboxylic acids is 7. The number of para-hydroxylation sites is 1. The van der Waals surface area contributed by atoms with Crippen molar-refractivity contribution in [3.8, 4) is 17.2 Å². The van der Waals surface area contributed by atoms with E-state index in [2.05, 4.69) is 37.6 Å². The molecule has 117 heavy (non-hydrogen) atoms. The second kappa shape index (κ2) is 43.6. The summed E-state index contributed by atoms with van der Waals surface area (Å²) < 4.78 is 62.1. The molecule has 1 saturated carbocycles. The second-order valence-electron chi connectivity index (χ2n) is 25.9. The van der Waals surface area contributed by atoms with Crippen LogP contribution in [0.25, 0.3) is 16.6 Å². The Labute approximate surface area is 716 Å². The number of nitrogens with zero attached hydrogens (tertiary/aromatic N) is 7. The molecule has 2 N–H and O–H groups in total. The molecule has 0 spiro atoms. The van der Waals surface area contributed by atoms with Gasteiger partial charge in [-0.15, -0.1) is 5.10 Å². The minimum atomic E-state index is -4.07. The van der Waals surface area contributed by atoms with Crippen molar-refractivity contribution in [1.29, 1.82) is 0 Å². The van der Waals surface area contributed by atoms with E-state index in [-0.39, 0.29) is 95.5 Å².